The Balaban J connectivity index is 2.98. The molecule has 1 aliphatic rings. The van der Waals surface area contributed by atoms with Crippen LogP contribution in [0.25, 0.3) is 0 Å². The molecule has 3 heteroatoms. The fourth-order valence-corrected chi connectivity index (χ4v) is 3.18. The molecule has 16 heavy (non-hydrogen) atoms. The molecule has 0 amide bonds. The van der Waals surface area contributed by atoms with Crippen LogP contribution in [0.15, 0.2) is 0 Å². The molecule has 2 unspecified atom stereocenters. The van der Waals surface area contributed by atoms with Crippen LogP contribution >= 0.6 is 0 Å². The quantitative estimate of drug-likeness (QED) is 0.774. The Bertz CT molecular complexity index is 226. The van der Waals surface area contributed by atoms with Crippen molar-refractivity contribution in [3.63, 3.8) is 0 Å². The van der Waals surface area contributed by atoms with Crippen molar-refractivity contribution in [2.75, 3.05) is 26.7 Å². The van der Waals surface area contributed by atoms with E-state index in [-0.39, 0.29) is 6.04 Å². The highest BCUT2D eigenvalue weighted by Crippen LogP contribution is 2.28. The standard InChI is InChI=1S/C13H28N2O/c1-10(2)12-13(5,16)9-14(6)7-8-15(12)11(3)4/h10-12,16H,7-9H2,1-6H3. The second kappa shape index (κ2) is 5.03. The fourth-order valence-electron chi connectivity index (χ4n) is 3.18. The van der Waals surface area contributed by atoms with Crippen LogP contribution in [-0.4, -0.2) is 59.3 Å². The average Bonchev–Trinajstić information content (AvgIpc) is 2.19. The van der Waals surface area contributed by atoms with Gasteiger partial charge in [0, 0.05) is 31.7 Å². The summed E-state index contributed by atoms with van der Waals surface area (Å²) in [4.78, 5) is 4.69. The molecule has 2 atom stereocenters. The van der Waals surface area contributed by atoms with Gasteiger partial charge in [-0.15, -0.1) is 0 Å². The minimum atomic E-state index is -0.621. The summed E-state index contributed by atoms with van der Waals surface area (Å²) in [5, 5.41) is 10.7. The molecule has 0 aromatic heterocycles. The van der Waals surface area contributed by atoms with Crippen molar-refractivity contribution < 1.29 is 5.11 Å². The lowest BCUT2D eigenvalue weighted by Crippen LogP contribution is -2.57. The van der Waals surface area contributed by atoms with E-state index in [9.17, 15) is 5.11 Å². The summed E-state index contributed by atoms with van der Waals surface area (Å²) < 4.78 is 0. The van der Waals surface area contributed by atoms with E-state index in [1.165, 1.54) is 0 Å². The third-order valence-corrected chi connectivity index (χ3v) is 3.62. The van der Waals surface area contributed by atoms with Gasteiger partial charge in [0.25, 0.3) is 0 Å². The summed E-state index contributed by atoms with van der Waals surface area (Å²) in [6.45, 7) is 13.7. The number of aliphatic hydroxyl groups is 1. The van der Waals surface area contributed by atoms with E-state index in [1.807, 2.05) is 6.92 Å². The lowest BCUT2D eigenvalue weighted by Gasteiger charge is -2.43. The molecular weight excluding hydrogens is 200 g/mol. The maximum Gasteiger partial charge on any atom is 0.0902 e. The zero-order chi connectivity index (χ0) is 12.5. The molecule has 1 rings (SSSR count). The van der Waals surface area contributed by atoms with Gasteiger partial charge in [-0.25, -0.2) is 0 Å². The largest absolute Gasteiger partial charge is 0.387 e. The molecule has 0 aliphatic carbocycles. The first-order valence-corrected chi connectivity index (χ1v) is 6.42. The molecule has 0 spiro atoms. The first-order valence-electron chi connectivity index (χ1n) is 6.42. The minimum Gasteiger partial charge on any atom is -0.387 e. The van der Waals surface area contributed by atoms with Crippen molar-refractivity contribution in [3.05, 3.63) is 0 Å². The van der Waals surface area contributed by atoms with Gasteiger partial charge < -0.3 is 10.0 Å². The van der Waals surface area contributed by atoms with Crippen LogP contribution in [0, 0.1) is 5.92 Å². The Labute approximate surface area is 100 Å². The molecular formula is C13H28N2O. The molecule has 1 heterocycles. The van der Waals surface area contributed by atoms with E-state index in [0.717, 1.165) is 19.6 Å². The second-order valence-electron chi connectivity index (χ2n) is 6.12. The Kier molecular flexibility index (Phi) is 4.38. The summed E-state index contributed by atoms with van der Waals surface area (Å²) in [6, 6.07) is 0.739. The molecule has 0 saturated carbocycles. The van der Waals surface area contributed by atoms with Gasteiger partial charge in [0.2, 0.25) is 0 Å². The lowest BCUT2D eigenvalue weighted by atomic mass is 9.85. The van der Waals surface area contributed by atoms with Gasteiger partial charge in [0.15, 0.2) is 0 Å². The topological polar surface area (TPSA) is 26.7 Å². The van der Waals surface area contributed by atoms with Crippen molar-refractivity contribution in [1.29, 1.82) is 0 Å². The average molecular weight is 228 g/mol. The van der Waals surface area contributed by atoms with Crippen LogP contribution in [0.4, 0.5) is 0 Å². The fraction of sp³-hybridized carbons (Fsp3) is 1.00. The van der Waals surface area contributed by atoms with E-state index < -0.39 is 5.60 Å². The molecule has 3 nitrogen and oxygen atoms in total. The summed E-state index contributed by atoms with van der Waals surface area (Å²) in [7, 11) is 2.09. The molecule has 1 N–H and O–H groups in total. The van der Waals surface area contributed by atoms with E-state index >= 15 is 0 Å². The second-order valence-corrected chi connectivity index (χ2v) is 6.12. The van der Waals surface area contributed by atoms with Crippen LogP contribution in [0.2, 0.25) is 0 Å². The van der Waals surface area contributed by atoms with E-state index in [0.29, 0.717) is 12.0 Å². The molecule has 0 bridgehead atoms. The summed E-state index contributed by atoms with van der Waals surface area (Å²) in [5.41, 5.74) is -0.621. The predicted molar refractivity (Wildman–Crippen MR) is 68.6 cm³/mol. The van der Waals surface area contributed by atoms with Crippen LogP contribution in [-0.2, 0) is 0 Å². The highest BCUT2D eigenvalue weighted by Gasteiger charge is 2.41. The smallest absolute Gasteiger partial charge is 0.0902 e. The molecule has 1 saturated heterocycles. The van der Waals surface area contributed by atoms with Gasteiger partial charge >= 0.3 is 0 Å². The molecule has 0 aromatic rings. The van der Waals surface area contributed by atoms with Gasteiger partial charge in [-0.2, -0.15) is 0 Å². The number of likely N-dealkylation sites (N-methyl/N-ethyl adjacent to an activating group) is 1. The minimum absolute atomic E-state index is 0.248. The summed E-state index contributed by atoms with van der Waals surface area (Å²) in [5.74, 6) is 0.476. The Hall–Kier alpha value is -0.120. The SMILES string of the molecule is CC(C)C1N(C(C)C)CCN(C)CC1(C)O. The van der Waals surface area contributed by atoms with Crippen LogP contribution < -0.4 is 0 Å². The van der Waals surface area contributed by atoms with Crippen molar-refractivity contribution in [2.24, 2.45) is 5.92 Å². The third kappa shape index (κ3) is 2.96. The van der Waals surface area contributed by atoms with Gasteiger partial charge in [-0.1, -0.05) is 13.8 Å². The number of β-amino-alcohol motifs (C(OH)–C–C–N with tert-alkyl or cyclic N) is 1. The molecule has 1 aliphatic heterocycles. The van der Waals surface area contributed by atoms with E-state index in [2.05, 4.69) is 44.5 Å². The van der Waals surface area contributed by atoms with Crippen LogP contribution in [0.5, 0.6) is 0 Å². The number of hydrogen-bond acceptors (Lipinski definition) is 3. The first kappa shape index (κ1) is 13.9. The van der Waals surface area contributed by atoms with Crippen molar-refractivity contribution >= 4 is 0 Å². The predicted octanol–water partition coefficient (Wildman–Crippen LogP) is 1.42. The van der Waals surface area contributed by atoms with Crippen molar-refractivity contribution in [2.45, 2.75) is 52.3 Å². The first-order chi connectivity index (χ1) is 7.25. The highest BCUT2D eigenvalue weighted by atomic mass is 16.3. The Morgan fingerprint density at radius 1 is 1.19 bits per heavy atom. The molecule has 0 radical (unpaired) electrons. The van der Waals surface area contributed by atoms with Gasteiger partial charge in [0.1, 0.15) is 0 Å². The normalized spacial score (nSPS) is 34.7. The Morgan fingerprint density at radius 3 is 2.19 bits per heavy atom. The lowest BCUT2D eigenvalue weighted by molar-refractivity contribution is -0.0569. The number of nitrogens with zero attached hydrogens (tertiary/aromatic N) is 2. The van der Waals surface area contributed by atoms with Crippen LogP contribution in [0.3, 0.4) is 0 Å². The van der Waals surface area contributed by atoms with E-state index in [1.54, 1.807) is 0 Å². The zero-order valence-corrected chi connectivity index (χ0v) is 11.7. The molecule has 96 valence electrons. The third-order valence-electron chi connectivity index (χ3n) is 3.62. The van der Waals surface area contributed by atoms with Gasteiger partial charge in [0.05, 0.1) is 5.60 Å². The Morgan fingerprint density at radius 2 is 1.75 bits per heavy atom. The van der Waals surface area contributed by atoms with E-state index in [4.69, 9.17) is 0 Å². The van der Waals surface area contributed by atoms with Crippen molar-refractivity contribution in [3.8, 4) is 0 Å². The summed E-state index contributed by atoms with van der Waals surface area (Å²) in [6.07, 6.45) is 0. The monoisotopic (exact) mass is 228 g/mol. The van der Waals surface area contributed by atoms with Gasteiger partial charge in [-0.3, -0.25) is 4.90 Å². The van der Waals surface area contributed by atoms with Crippen molar-refractivity contribution in [1.82, 2.24) is 9.80 Å². The maximum atomic E-state index is 10.7. The molecule has 1 fully saturated rings. The van der Waals surface area contributed by atoms with Gasteiger partial charge in [-0.05, 0) is 33.7 Å². The summed E-state index contributed by atoms with van der Waals surface area (Å²) >= 11 is 0. The maximum absolute atomic E-state index is 10.7. The zero-order valence-electron chi connectivity index (χ0n) is 11.7. The molecule has 0 aromatic carbocycles. The highest BCUT2D eigenvalue weighted by molar-refractivity contribution is 4.97. The number of rotatable bonds is 2. The number of hydrogen-bond donors (Lipinski definition) is 1. The van der Waals surface area contributed by atoms with Crippen LogP contribution in [0.1, 0.15) is 34.6 Å².